The molecular formula is C12H13ClF3NO2. The van der Waals surface area contributed by atoms with Crippen molar-refractivity contribution in [3.8, 4) is 0 Å². The van der Waals surface area contributed by atoms with E-state index in [9.17, 15) is 18.0 Å². The number of esters is 1. The predicted molar refractivity (Wildman–Crippen MR) is 66.2 cm³/mol. The molecule has 0 saturated heterocycles. The Bertz CT molecular complexity index is 447. The molecule has 19 heavy (non-hydrogen) atoms. The van der Waals surface area contributed by atoms with Gasteiger partial charge in [0.05, 0.1) is 6.61 Å². The van der Waals surface area contributed by atoms with Crippen LogP contribution in [0.2, 0.25) is 5.02 Å². The number of halogens is 4. The second-order valence-corrected chi connectivity index (χ2v) is 4.41. The molecular weight excluding hydrogens is 283 g/mol. The maximum atomic E-state index is 13.1. The highest BCUT2D eigenvalue weighted by atomic mass is 35.5. The Balaban J connectivity index is 3.05. The first-order valence-corrected chi connectivity index (χ1v) is 5.86. The Hall–Kier alpha value is -1.43. The van der Waals surface area contributed by atoms with E-state index in [1.165, 1.54) is 31.2 Å². The molecule has 0 heterocycles. The molecule has 0 aromatic heterocycles. The summed E-state index contributed by atoms with van der Waals surface area (Å²) < 4.78 is 43.6. The number of rotatable bonds is 4. The van der Waals surface area contributed by atoms with Gasteiger partial charge in [0.1, 0.15) is 0 Å². The van der Waals surface area contributed by atoms with Gasteiger partial charge in [-0.25, -0.2) is 4.79 Å². The lowest BCUT2D eigenvalue weighted by atomic mass is 10.0. The molecule has 0 aliphatic carbocycles. The van der Waals surface area contributed by atoms with Crippen LogP contribution in [0.15, 0.2) is 24.3 Å². The third kappa shape index (κ3) is 3.53. The smallest absolute Gasteiger partial charge is 0.422 e. The number of benzene rings is 1. The first-order chi connectivity index (χ1) is 8.70. The van der Waals surface area contributed by atoms with Crippen molar-refractivity contribution in [3.05, 3.63) is 29.3 Å². The van der Waals surface area contributed by atoms with E-state index in [0.29, 0.717) is 5.02 Å². The van der Waals surface area contributed by atoms with Crippen LogP contribution in [0.5, 0.6) is 0 Å². The van der Waals surface area contributed by atoms with E-state index in [-0.39, 0.29) is 12.3 Å². The quantitative estimate of drug-likeness (QED) is 0.862. The Morgan fingerprint density at radius 3 is 2.26 bits per heavy atom. The van der Waals surface area contributed by atoms with Gasteiger partial charge in [0.15, 0.2) is 0 Å². The molecule has 0 radical (unpaired) electrons. The molecule has 1 aromatic rings. The predicted octanol–water partition coefficient (Wildman–Crippen LogP) is 3.64. The Morgan fingerprint density at radius 2 is 1.84 bits per heavy atom. The van der Waals surface area contributed by atoms with Gasteiger partial charge < -0.3 is 10.1 Å². The molecule has 106 valence electrons. The SMILES string of the molecule is CCOC(=O)C(C)(Nc1ccc(Cl)cc1)C(F)(F)F. The van der Waals surface area contributed by atoms with Crippen LogP contribution in [0.4, 0.5) is 18.9 Å². The molecule has 0 bridgehead atoms. The van der Waals surface area contributed by atoms with Crippen LogP contribution in [-0.2, 0) is 9.53 Å². The third-order valence-corrected chi connectivity index (χ3v) is 2.74. The summed E-state index contributed by atoms with van der Waals surface area (Å²) in [5.74, 6) is -1.38. The van der Waals surface area contributed by atoms with Gasteiger partial charge in [0, 0.05) is 10.7 Å². The van der Waals surface area contributed by atoms with Gasteiger partial charge in [-0.3, -0.25) is 0 Å². The normalized spacial score (nSPS) is 14.6. The van der Waals surface area contributed by atoms with Crippen molar-refractivity contribution in [3.63, 3.8) is 0 Å². The van der Waals surface area contributed by atoms with Crippen molar-refractivity contribution in [1.29, 1.82) is 0 Å². The Morgan fingerprint density at radius 1 is 1.32 bits per heavy atom. The van der Waals surface area contributed by atoms with E-state index in [1.807, 2.05) is 0 Å². The number of anilines is 1. The zero-order valence-electron chi connectivity index (χ0n) is 10.3. The zero-order valence-corrected chi connectivity index (χ0v) is 11.1. The molecule has 0 aliphatic rings. The van der Waals surface area contributed by atoms with Gasteiger partial charge in [-0.05, 0) is 38.1 Å². The number of ether oxygens (including phenoxy) is 1. The van der Waals surface area contributed by atoms with Crippen molar-refractivity contribution < 1.29 is 22.7 Å². The molecule has 0 aliphatic heterocycles. The molecule has 0 amide bonds. The highest BCUT2D eigenvalue weighted by Gasteiger charge is 2.58. The van der Waals surface area contributed by atoms with E-state index in [0.717, 1.165) is 6.92 Å². The summed E-state index contributed by atoms with van der Waals surface area (Å²) in [7, 11) is 0. The summed E-state index contributed by atoms with van der Waals surface area (Å²) in [6.07, 6.45) is -4.79. The van der Waals surface area contributed by atoms with E-state index in [4.69, 9.17) is 11.6 Å². The van der Waals surface area contributed by atoms with E-state index in [2.05, 4.69) is 10.1 Å². The minimum atomic E-state index is -4.79. The maximum Gasteiger partial charge on any atom is 0.422 e. The topological polar surface area (TPSA) is 38.3 Å². The third-order valence-electron chi connectivity index (χ3n) is 2.49. The highest BCUT2D eigenvalue weighted by Crippen LogP contribution is 2.34. The molecule has 1 atom stereocenters. The summed E-state index contributed by atoms with van der Waals surface area (Å²) in [5.41, 5.74) is -2.69. The number of carbonyl (C=O) groups excluding carboxylic acids is 1. The highest BCUT2D eigenvalue weighted by molar-refractivity contribution is 6.30. The first-order valence-electron chi connectivity index (χ1n) is 5.48. The molecule has 1 rings (SSSR count). The summed E-state index contributed by atoms with van der Waals surface area (Å²) in [5, 5.41) is 2.53. The maximum absolute atomic E-state index is 13.1. The Labute approximate surface area is 113 Å². The van der Waals surface area contributed by atoms with Crippen LogP contribution in [0, 0.1) is 0 Å². The summed E-state index contributed by atoms with van der Waals surface area (Å²) >= 11 is 5.64. The molecule has 0 fully saturated rings. The van der Waals surface area contributed by atoms with E-state index >= 15 is 0 Å². The van der Waals surface area contributed by atoms with Crippen LogP contribution in [0.1, 0.15) is 13.8 Å². The average molecular weight is 296 g/mol. The van der Waals surface area contributed by atoms with Crippen molar-refractivity contribution >= 4 is 23.3 Å². The minimum absolute atomic E-state index is 0.122. The standard InChI is InChI=1S/C12H13ClF3NO2/c1-3-19-10(18)11(2,12(14,15)16)17-9-6-4-8(13)5-7-9/h4-7,17H,3H2,1-2H3. The van der Waals surface area contributed by atoms with Crippen LogP contribution in [0.3, 0.4) is 0 Å². The monoisotopic (exact) mass is 295 g/mol. The number of hydrogen-bond acceptors (Lipinski definition) is 3. The fourth-order valence-corrected chi connectivity index (χ4v) is 1.46. The van der Waals surface area contributed by atoms with E-state index < -0.39 is 17.7 Å². The molecule has 0 saturated carbocycles. The lowest BCUT2D eigenvalue weighted by molar-refractivity contribution is -0.196. The van der Waals surface area contributed by atoms with Crippen molar-refractivity contribution in [2.75, 3.05) is 11.9 Å². The summed E-state index contributed by atoms with van der Waals surface area (Å²) in [6, 6.07) is 5.55. The van der Waals surface area contributed by atoms with Gasteiger partial charge in [0.25, 0.3) is 0 Å². The summed E-state index contributed by atoms with van der Waals surface area (Å²) in [6.45, 7) is 2.05. The van der Waals surface area contributed by atoms with Gasteiger partial charge in [-0.2, -0.15) is 13.2 Å². The molecule has 0 spiro atoms. The molecule has 1 unspecified atom stereocenters. The lowest BCUT2D eigenvalue weighted by Gasteiger charge is -2.31. The number of carbonyl (C=O) groups is 1. The zero-order chi connectivity index (χ0) is 14.7. The van der Waals surface area contributed by atoms with Gasteiger partial charge >= 0.3 is 12.1 Å². The van der Waals surface area contributed by atoms with Gasteiger partial charge in [0.2, 0.25) is 5.54 Å². The second kappa shape index (κ2) is 5.69. The van der Waals surface area contributed by atoms with Gasteiger partial charge in [-0.1, -0.05) is 11.6 Å². The van der Waals surface area contributed by atoms with Crippen molar-refractivity contribution in [1.82, 2.24) is 0 Å². The molecule has 3 nitrogen and oxygen atoms in total. The Kier molecular flexibility index (Phi) is 4.68. The summed E-state index contributed by atoms with van der Waals surface area (Å²) in [4.78, 5) is 11.6. The molecule has 1 N–H and O–H groups in total. The van der Waals surface area contributed by atoms with Crippen molar-refractivity contribution in [2.45, 2.75) is 25.6 Å². The van der Waals surface area contributed by atoms with Crippen LogP contribution < -0.4 is 5.32 Å². The van der Waals surface area contributed by atoms with Crippen molar-refractivity contribution in [2.24, 2.45) is 0 Å². The largest absolute Gasteiger partial charge is 0.464 e. The number of nitrogens with one attached hydrogen (secondary N) is 1. The fraction of sp³-hybridized carbons (Fsp3) is 0.417. The van der Waals surface area contributed by atoms with Crippen LogP contribution >= 0.6 is 11.6 Å². The molecule has 7 heteroatoms. The minimum Gasteiger partial charge on any atom is -0.464 e. The lowest BCUT2D eigenvalue weighted by Crippen LogP contribution is -2.56. The molecule has 1 aromatic carbocycles. The average Bonchev–Trinajstić information content (AvgIpc) is 2.31. The fourth-order valence-electron chi connectivity index (χ4n) is 1.33. The van der Waals surface area contributed by atoms with Crippen LogP contribution in [-0.4, -0.2) is 24.3 Å². The van der Waals surface area contributed by atoms with Crippen LogP contribution in [0.25, 0.3) is 0 Å². The first kappa shape index (κ1) is 15.6. The number of hydrogen-bond donors (Lipinski definition) is 1. The van der Waals surface area contributed by atoms with Gasteiger partial charge in [-0.15, -0.1) is 0 Å². The number of alkyl halides is 3. The second-order valence-electron chi connectivity index (χ2n) is 3.98. The van der Waals surface area contributed by atoms with E-state index in [1.54, 1.807) is 0 Å².